The Kier molecular flexibility index (Phi) is 5.34. The number of halogens is 1. The van der Waals surface area contributed by atoms with E-state index in [2.05, 4.69) is 22.1 Å². The summed E-state index contributed by atoms with van der Waals surface area (Å²) in [7, 11) is 0. The van der Waals surface area contributed by atoms with E-state index < -0.39 is 0 Å². The van der Waals surface area contributed by atoms with Gasteiger partial charge in [-0.05, 0) is 43.4 Å². The fourth-order valence-electron chi connectivity index (χ4n) is 3.10. The van der Waals surface area contributed by atoms with Crippen LogP contribution in [0.3, 0.4) is 0 Å². The molecule has 0 saturated carbocycles. The molecule has 2 aromatic rings. The van der Waals surface area contributed by atoms with Gasteiger partial charge in [0.15, 0.2) is 0 Å². The van der Waals surface area contributed by atoms with Crippen molar-refractivity contribution < 1.29 is 0 Å². The molecule has 1 aliphatic rings. The number of nitrogens with one attached hydrogen (secondary N) is 1. The molecule has 0 bridgehead atoms. The van der Waals surface area contributed by atoms with Gasteiger partial charge in [-0.2, -0.15) is 4.98 Å². The normalized spacial score (nSPS) is 18.0. The molecule has 1 atom stereocenters. The van der Waals surface area contributed by atoms with Crippen LogP contribution in [0.15, 0.2) is 36.5 Å². The van der Waals surface area contributed by atoms with E-state index in [-0.39, 0.29) is 0 Å². The average molecular weight is 331 g/mol. The first-order valence-corrected chi connectivity index (χ1v) is 8.72. The summed E-state index contributed by atoms with van der Waals surface area (Å²) in [6.07, 6.45) is 6.73. The summed E-state index contributed by atoms with van der Waals surface area (Å²) in [6, 6.07) is 10.3. The smallest absolute Gasteiger partial charge is 0.227 e. The molecule has 122 valence electrons. The van der Waals surface area contributed by atoms with Gasteiger partial charge in [-0.15, -0.1) is 0 Å². The summed E-state index contributed by atoms with van der Waals surface area (Å²) >= 11 is 6.20. The first-order valence-electron chi connectivity index (χ1n) is 8.35. The summed E-state index contributed by atoms with van der Waals surface area (Å²) < 4.78 is 0. The van der Waals surface area contributed by atoms with Crippen molar-refractivity contribution in [3.8, 4) is 0 Å². The maximum Gasteiger partial charge on any atom is 0.227 e. The van der Waals surface area contributed by atoms with Crippen molar-refractivity contribution in [2.75, 3.05) is 16.8 Å². The minimum absolute atomic E-state index is 0.558. The molecule has 1 saturated heterocycles. The van der Waals surface area contributed by atoms with E-state index in [1.54, 1.807) is 0 Å². The number of benzene rings is 1. The van der Waals surface area contributed by atoms with Gasteiger partial charge in [0.2, 0.25) is 5.95 Å². The van der Waals surface area contributed by atoms with Crippen molar-refractivity contribution in [2.45, 2.75) is 45.2 Å². The Morgan fingerprint density at radius 1 is 1.26 bits per heavy atom. The van der Waals surface area contributed by atoms with Crippen LogP contribution in [0.1, 0.15) is 38.2 Å². The molecule has 1 unspecified atom stereocenters. The molecule has 2 heterocycles. The second-order valence-corrected chi connectivity index (χ2v) is 6.35. The highest BCUT2D eigenvalue weighted by Crippen LogP contribution is 2.24. The maximum absolute atomic E-state index is 6.20. The zero-order valence-corrected chi connectivity index (χ0v) is 14.3. The minimum Gasteiger partial charge on any atom is -0.366 e. The first-order chi connectivity index (χ1) is 11.3. The lowest BCUT2D eigenvalue weighted by atomic mass is 10.0. The SMILES string of the molecule is CCC1CCCCN1c1nccc(NCc2ccccc2Cl)n1. The van der Waals surface area contributed by atoms with Crippen molar-refractivity contribution in [3.05, 3.63) is 47.1 Å². The van der Waals surface area contributed by atoms with Crippen LogP contribution < -0.4 is 10.2 Å². The zero-order valence-electron chi connectivity index (χ0n) is 13.5. The molecule has 1 N–H and O–H groups in total. The predicted molar refractivity (Wildman–Crippen MR) is 96.1 cm³/mol. The molecule has 0 spiro atoms. The van der Waals surface area contributed by atoms with E-state index in [1.807, 2.05) is 36.5 Å². The van der Waals surface area contributed by atoms with Gasteiger partial charge in [0.1, 0.15) is 5.82 Å². The van der Waals surface area contributed by atoms with Gasteiger partial charge in [-0.1, -0.05) is 36.7 Å². The first kappa shape index (κ1) is 16.1. The van der Waals surface area contributed by atoms with Crippen LogP contribution in [0.2, 0.25) is 5.02 Å². The van der Waals surface area contributed by atoms with Gasteiger partial charge in [0.05, 0.1) is 0 Å². The Balaban J connectivity index is 1.71. The van der Waals surface area contributed by atoms with E-state index >= 15 is 0 Å². The molecule has 1 aliphatic heterocycles. The monoisotopic (exact) mass is 330 g/mol. The molecule has 0 amide bonds. The fourth-order valence-corrected chi connectivity index (χ4v) is 3.30. The average Bonchev–Trinajstić information content (AvgIpc) is 2.61. The number of hydrogen-bond acceptors (Lipinski definition) is 4. The van der Waals surface area contributed by atoms with Crippen molar-refractivity contribution in [1.82, 2.24) is 9.97 Å². The van der Waals surface area contributed by atoms with Crippen LogP contribution in [-0.4, -0.2) is 22.6 Å². The molecule has 0 radical (unpaired) electrons. The largest absolute Gasteiger partial charge is 0.366 e. The molecule has 4 nitrogen and oxygen atoms in total. The molecular formula is C18H23ClN4. The Morgan fingerprint density at radius 2 is 2.13 bits per heavy atom. The highest BCUT2D eigenvalue weighted by molar-refractivity contribution is 6.31. The number of rotatable bonds is 5. The van der Waals surface area contributed by atoms with Gasteiger partial charge < -0.3 is 10.2 Å². The topological polar surface area (TPSA) is 41.1 Å². The van der Waals surface area contributed by atoms with Gasteiger partial charge in [-0.25, -0.2) is 4.98 Å². The number of nitrogens with zero attached hydrogens (tertiary/aromatic N) is 3. The van der Waals surface area contributed by atoms with Crippen LogP contribution in [0.25, 0.3) is 0 Å². The zero-order chi connectivity index (χ0) is 16.1. The molecule has 1 fully saturated rings. The van der Waals surface area contributed by atoms with E-state index in [0.29, 0.717) is 12.6 Å². The number of aromatic nitrogens is 2. The quantitative estimate of drug-likeness (QED) is 0.875. The van der Waals surface area contributed by atoms with E-state index in [1.165, 1.54) is 19.3 Å². The van der Waals surface area contributed by atoms with Crippen molar-refractivity contribution >= 4 is 23.4 Å². The molecule has 23 heavy (non-hydrogen) atoms. The second kappa shape index (κ2) is 7.64. The van der Waals surface area contributed by atoms with E-state index in [4.69, 9.17) is 16.6 Å². The summed E-state index contributed by atoms with van der Waals surface area (Å²) in [5, 5.41) is 4.13. The summed E-state index contributed by atoms with van der Waals surface area (Å²) in [6.45, 7) is 3.95. The van der Waals surface area contributed by atoms with Gasteiger partial charge >= 0.3 is 0 Å². The maximum atomic E-state index is 6.20. The lowest BCUT2D eigenvalue weighted by Crippen LogP contribution is -2.40. The summed E-state index contributed by atoms with van der Waals surface area (Å²) in [4.78, 5) is 11.5. The Hall–Kier alpha value is -1.81. The standard InChI is InChI=1S/C18H23ClN4/c1-2-15-8-5-6-12-23(15)18-20-11-10-17(22-18)21-13-14-7-3-4-9-16(14)19/h3-4,7,9-11,15H,2,5-6,8,12-13H2,1H3,(H,20,21,22). The van der Waals surface area contributed by atoms with Crippen LogP contribution in [0.4, 0.5) is 11.8 Å². The molecule has 5 heteroatoms. The third kappa shape index (κ3) is 3.94. The van der Waals surface area contributed by atoms with E-state index in [0.717, 1.165) is 35.3 Å². The third-order valence-corrected chi connectivity index (χ3v) is 4.78. The molecular weight excluding hydrogens is 308 g/mol. The van der Waals surface area contributed by atoms with Crippen LogP contribution in [0, 0.1) is 0 Å². The molecule has 1 aromatic carbocycles. The Labute approximate surface area is 142 Å². The predicted octanol–water partition coefficient (Wildman–Crippen LogP) is 4.51. The Morgan fingerprint density at radius 3 is 2.96 bits per heavy atom. The van der Waals surface area contributed by atoms with Crippen molar-refractivity contribution in [3.63, 3.8) is 0 Å². The highest BCUT2D eigenvalue weighted by atomic mass is 35.5. The molecule has 0 aliphatic carbocycles. The highest BCUT2D eigenvalue weighted by Gasteiger charge is 2.23. The number of hydrogen-bond donors (Lipinski definition) is 1. The van der Waals surface area contributed by atoms with E-state index in [9.17, 15) is 0 Å². The minimum atomic E-state index is 0.558. The lowest BCUT2D eigenvalue weighted by molar-refractivity contribution is 0.443. The van der Waals surface area contributed by atoms with Gasteiger partial charge in [0.25, 0.3) is 0 Å². The number of piperidine rings is 1. The Bertz CT molecular complexity index is 646. The van der Waals surface area contributed by atoms with Crippen molar-refractivity contribution in [2.24, 2.45) is 0 Å². The molecule has 1 aromatic heterocycles. The lowest BCUT2D eigenvalue weighted by Gasteiger charge is -2.35. The van der Waals surface area contributed by atoms with Crippen LogP contribution in [0.5, 0.6) is 0 Å². The molecule has 3 rings (SSSR count). The fraction of sp³-hybridized carbons (Fsp3) is 0.444. The summed E-state index contributed by atoms with van der Waals surface area (Å²) in [5.74, 6) is 1.68. The van der Waals surface area contributed by atoms with Crippen molar-refractivity contribution in [1.29, 1.82) is 0 Å². The summed E-state index contributed by atoms with van der Waals surface area (Å²) in [5.41, 5.74) is 1.07. The second-order valence-electron chi connectivity index (χ2n) is 5.94. The number of anilines is 2. The van der Waals surface area contributed by atoms with Gasteiger partial charge in [0, 0.05) is 30.4 Å². The van der Waals surface area contributed by atoms with Gasteiger partial charge in [-0.3, -0.25) is 0 Å². The third-order valence-electron chi connectivity index (χ3n) is 4.42. The van der Waals surface area contributed by atoms with Crippen LogP contribution in [-0.2, 0) is 6.54 Å². The van der Waals surface area contributed by atoms with Crippen LogP contribution >= 0.6 is 11.6 Å².